The van der Waals surface area contributed by atoms with E-state index in [9.17, 15) is 34.8 Å². The molecule has 7 heterocycles. The van der Waals surface area contributed by atoms with Gasteiger partial charge in [0.1, 0.15) is 6.04 Å². The minimum Gasteiger partial charge on any atom is -0.395 e. The molecule has 0 bridgehead atoms. The van der Waals surface area contributed by atoms with Gasteiger partial charge in [-0.05, 0) is 246 Å². The van der Waals surface area contributed by atoms with E-state index in [0.717, 1.165) is 168 Å². The average Bonchev–Trinajstić information content (AvgIpc) is 0.775. The maximum Gasteiger partial charge on any atom is 0.416 e. The first-order valence-electron chi connectivity index (χ1n) is 44.2. The number of aliphatic hydroxyl groups excluding tert-OH is 1. The molecule has 0 spiro atoms. The van der Waals surface area contributed by atoms with Crippen LogP contribution in [-0.2, 0) is 26.0 Å². The number of halogens is 3. The van der Waals surface area contributed by atoms with Gasteiger partial charge in [-0.3, -0.25) is 9.69 Å². The molecule has 7 aliphatic rings. The van der Waals surface area contributed by atoms with Crippen molar-refractivity contribution in [1.82, 2.24) is 28.8 Å². The van der Waals surface area contributed by atoms with Gasteiger partial charge in [-0.25, -0.2) is 21.1 Å². The lowest BCUT2D eigenvalue weighted by molar-refractivity contribution is -0.892. The third-order valence-corrected chi connectivity index (χ3v) is 32.8. The van der Waals surface area contributed by atoms with E-state index in [4.69, 9.17) is 5.11 Å². The molecule has 0 radical (unpaired) electrons. The molecule has 0 saturated carbocycles. The van der Waals surface area contributed by atoms with Gasteiger partial charge in [-0.1, -0.05) is 166 Å². The number of alkyl halides is 3. The van der Waals surface area contributed by atoms with Crippen LogP contribution in [0.25, 0.3) is 0 Å². The molecule has 130 heavy (non-hydrogen) atoms. The van der Waals surface area contributed by atoms with Crippen molar-refractivity contribution in [3.63, 3.8) is 0 Å². The SMILES string of the molecule is C.C.CC(CN1c2ccccc2Sc2ccccc21)[N+](C)(C)C.CCC(=O)c1ccc2c(c1)N(CCCN(C)C)c1ccccc1S2.CN(C)CCCN1c2ccccc2Sc2ccc(C(F)(F)F)cc21.CN(C)S(=O)(=O)c1ccc2c(c1)N(CCCN1CCN(CCO)CC1)c1ccccc1S2.CN1CCCCC1CCN1c2ccccc2Sc2ccc(S(C)(=O)=O)cc21. The number of aliphatic hydroxyl groups is 1. The number of fused-ring (bicyclic) bond motifs is 10. The lowest BCUT2D eigenvalue weighted by atomic mass is 9.99. The Hall–Kier alpha value is -8.01. The number of ketones is 1. The van der Waals surface area contributed by atoms with Crippen molar-refractivity contribution in [3.05, 3.63) is 230 Å². The number of hydrogen-bond acceptors (Lipinski definition) is 21. The number of likely N-dealkylation sites (N-methyl/N-ethyl adjacent to an activating group) is 1. The number of likely N-dealkylation sites (tertiary alicyclic amines) is 1. The van der Waals surface area contributed by atoms with Crippen molar-refractivity contribution in [1.29, 1.82) is 0 Å². The molecule has 7 aliphatic heterocycles. The molecule has 1 N–H and O–H groups in total. The second-order valence-corrected chi connectivity index (χ2v) is 44.5. The lowest BCUT2D eigenvalue weighted by Gasteiger charge is -2.39. The Morgan fingerprint density at radius 3 is 1.21 bits per heavy atom. The number of hydrogen-bond donors (Lipinski definition) is 1. The van der Waals surface area contributed by atoms with Crippen molar-refractivity contribution in [2.24, 2.45) is 0 Å². The number of piperidine rings is 1. The van der Waals surface area contributed by atoms with E-state index < -0.39 is 31.6 Å². The summed E-state index contributed by atoms with van der Waals surface area (Å²) in [4.78, 5) is 47.6. The highest BCUT2D eigenvalue weighted by atomic mass is 32.2. The highest BCUT2D eigenvalue weighted by molar-refractivity contribution is 8.00. The van der Waals surface area contributed by atoms with Crippen LogP contribution in [-0.4, -0.2) is 248 Å². The number of sulfonamides is 1. The van der Waals surface area contributed by atoms with Crippen molar-refractivity contribution in [2.75, 3.05) is 199 Å². The van der Waals surface area contributed by atoms with Crippen LogP contribution >= 0.6 is 58.8 Å². The molecular weight excluding hydrogens is 1770 g/mol. The third kappa shape index (κ3) is 25.7. The monoisotopic (exact) mass is 1900 g/mol. The fourth-order valence-corrected chi connectivity index (χ4v) is 23.6. The van der Waals surface area contributed by atoms with Gasteiger partial charge in [0.15, 0.2) is 15.6 Å². The largest absolute Gasteiger partial charge is 0.416 e. The van der Waals surface area contributed by atoms with Gasteiger partial charge >= 0.3 is 6.18 Å². The van der Waals surface area contributed by atoms with E-state index >= 15 is 0 Å². The van der Waals surface area contributed by atoms with Crippen molar-refractivity contribution >= 4 is 141 Å². The standard InChI is InChI=1S/C23H32N4O3S2.C21H26N2O2S2.C20H24N2OS.C18H19F3N2S.C18H23N2S.2CH4/c1-24(2)32(29,30)19-8-9-23-21(18-19)27(20-6-3-4-7-22(20)31-23)11-5-10-25-12-14-26(15-13-25)16-17-28;1-22-13-6-5-7-16(22)12-14-23-18-8-3-4-9-20(18)26-21-11-10-17(15-19(21)23)27(2,24)25;1-4-18(23)15-10-11-20-17(14-15)22(13-7-12-21(2)3)16-8-5-6-9-19(16)24-20;1-22(2)10-5-11-23-14-6-3-4-7-16(14)24-17-9-8-13(12-15(17)23)18(19,20)21;1-14(20(2,3)4)13-19-15-9-5-7-11-17(15)21-18-12-8-6-10-16(18)19;;/h3-4,6-9,18,28H,5,10-17H2,1-2H3;3-4,8-11,15-16H,5-7,12-14H2,1-2H3;5-6,8-11,14H,4,7,12-13H2,1-3H3;3-4,6-9,12H,5,10-11H2,1-2H3;5-12,14H,13H2,1-4H3;2*1H4/q;;;;+1;;. The minimum atomic E-state index is -4.33. The summed E-state index contributed by atoms with van der Waals surface area (Å²) >= 11 is 8.61. The number of Topliss-reactive ketones (excluding diaryl/α,β-unsaturated/α-hetero) is 1. The molecule has 0 aromatic heterocycles. The van der Waals surface area contributed by atoms with Gasteiger partial charge in [0.25, 0.3) is 0 Å². The minimum absolute atomic E-state index is 0. The first kappa shape index (κ1) is 103. The molecule has 698 valence electrons. The Morgan fingerprint density at radius 1 is 0.454 bits per heavy atom. The predicted molar refractivity (Wildman–Crippen MR) is 540 cm³/mol. The zero-order valence-electron chi connectivity index (χ0n) is 76.0. The average molecular weight is 1900 g/mol. The molecule has 10 aromatic rings. The van der Waals surface area contributed by atoms with Gasteiger partial charge in [-0.15, -0.1) is 0 Å². The molecule has 28 heteroatoms. The maximum absolute atomic E-state index is 13.1. The Bertz CT molecular complexity index is 5650. The molecule has 0 aliphatic carbocycles. The molecule has 2 saturated heterocycles. The normalized spacial score (nSPS) is 15.9. The fourth-order valence-electron chi connectivity index (χ4n) is 16.6. The third-order valence-electron chi connectivity index (χ3n) is 24.2. The summed E-state index contributed by atoms with van der Waals surface area (Å²) in [7, 11) is 13.6. The number of carbonyl (C=O) groups is 1. The van der Waals surface area contributed by atoms with Gasteiger partial charge in [-0.2, -0.15) is 13.2 Å². The number of sulfone groups is 1. The van der Waals surface area contributed by atoms with Gasteiger partial charge in [0.05, 0.1) is 107 Å². The van der Waals surface area contributed by atoms with E-state index in [0.29, 0.717) is 40.5 Å². The first-order chi connectivity index (χ1) is 61.2. The number of piperazine rings is 1. The number of quaternary nitrogens is 1. The smallest absolute Gasteiger partial charge is 0.395 e. The number of nitrogens with zero attached hydrogens (tertiary/aromatic N) is 12. The molecule has 18 nitrogen and oxygen atoms in total. The summed E-state index contributed by atoms with van der Waals surface area (Å²) in [6.07, 6.45) is 5.36. The maximum atomic E-state index is 13.1. The summed E-state index contributed by atoms with van der Waals surface area (Å²) in [6.45, 7) is 17.8. The van der Waals surface area contributed by atoms with E-state index in [-0.39, 0.29) is 27.2 Å². The van der Waals surface area contributed by atoms with Gasteiger partial charge in [0.2, 0.25) is 10.0 Å². The number of benzene rings is 10. The Labute approximate surface area is 794 Å². The summed E-state index contributed by atoms with van der Waals surface area (Å²) in [6, 6.07) is 72.9. The molecular formula is C102H132F3N12O6S7+. The second-order valence-electron chi connectivity index (χ2n) is 35.0. The number of para-hydroxylation sites is 6. The molecule has 2 fully saturated rings. The zero-order chi connectivity index (χ0) is 91.2. The van der Waals surface area contributed by atoms with E-state index in [1.807, 2.05) is 104 Å². The van der Waals surface area contributed by atoms with Crippen LogP contribution in [0.4, 0.5) is 70.0 Å². The Balaban J connectivity index is 0.000000157. The van der Waals surface area contributed by atoms with Crippen LogP contribution in [0.2, 0.25) is 0 Å². The number of rotatable bonds is 25. The quantitative estimate of drug-likeness (QED) is 0.0428. The zero-order valence-corrected chi connectivity index (χ0v) is 81.8. The van der Waals surface area contributed by atoms with Gasteiger partial charge in [0, 0.05) is 146 Å². The van der Waals surface area contributed by atoms with Crippen LogP contribution in [0.15, 0.2) is 277 Å². The van der Waals surface area contributed by atoms with Crippen molar-refractivity contribution < 1.29 is 44.4 Å². The fraction of sp³-hybridized carbons (Fsp3) is 0.402. The molecule has 10 aromatic carbocycles. The van der Waals surface area contributed by atoms with Crippen LogP contribution in [0.5, 0.6) is 0 Å². The summed E-state index contributed by atoms with van der Waals surface area (Å²) < 4.78 is 91.2. The highest BCUT2D eigenvalue weighted by Crippen LogP contribution is 2.55. The number of carbonyl (C=O) groups excluding carboxylic acids is 1. The van der Waals surface area contributed by atoms with E-state index in [2.05, 4.69) is 215 Å². The van der Waals surface area contributed by atoms with E-state index in [1.54, 1.807) is 67.6 Å². The van der Waals surface area contributed by atoms with Crippen molar-refractivity contribution in [2.45, 2.75) is 157 Å². The molecule has 2 unspecified atom stereocenters. The number of anilines is 10. The Kier molecular flexibility index (Phi) is 36.5. The lowest BCUT2D eigenvalue weighted by Crippen LogP contribution is -2.49. The van der Waals surface area contributed by atoms with Crippen LogP contribution in [0.1, 0.15) is 96.0 Å². The van der Waals surface area contributed by atoms with Crippen LogP contribution < -0.4 is 24.5 Å². The molecule has 2 atom stereocenters. The Morgan fingerprint density at radius 2 is 0.815 bits per heavy atom. The molecule has 17 rings (SSSR count). The highest BCUT2D eigenvalue weighted by Gasteiger charge is 2.36. The van der Waals surface area contributed by atoms with Crippen LogP contribution in [0, 0.1) is 0 Å². The van der Waals surface area contributed by atoms with E-state index in [1.165, 1.54) is 106 Å². The molecule has 0 amide bonds. The van der Waals surface area contributed by atoms with Crippen molar-refractivity contribution in [3.8, 4) is 0 Å². The summed E-state index contributed by atoms with van der Waals surface area (Å²) in [5.41, 5.74) is 11.2. The second kappa shape index (κ2) is 46.3. The topological polar surface area (TPSA) is 141 Å². The summed E-state index contributed by atoms with van der Waals surface area (Å²) in [5, 5.41) is 9.13. The number of β-amino-alcohol motifs (C(OH)–C–C–N with tert-alkyl or cyclic N) is 1. The summed E-state index contributed by atoms with van der Waals surface area (Å²) in [5.74, 6) is 0.204. The van der Waals surface area contributed by atoms with Crippen LogP contribution in [0.3, 0.4) is 0 Å². The predicted octanol–water partition coefficient (Wildman–Crippen LogP) is 22.9. The first-order valence-corrected chi connectivity index (χ1v) is 51.6. The van der Waals surface area contributed by atoms with Gasteiger partial charge < -0.3 is 53.7 Å².